The first kappa shape index (κ1) is 16.3. The standard InChI is InChI=1S/C16H28N2S2/c1-3-5-6-7-8-16(19-13-15(4-2)20-16)9-11-18-12-10-17-14-18/h10,12,14-15H,3-9,11,13H2,1-2H3. The summed E-state index contributed by atoms with van der Waals surface area (Å²) in [6.45, 7) is 5.74. The number of aryl methyl sites for hydroxylation is 1. The molecule has 0 saturated carbocycles. The van der Waals surface area contributed by atoms with Crippen LogP contribution in [0.4, 0.5) is 0 Å². The van der Waals surface area contributed by atoms with E-state index < -0.39 is 0 Å². The Morgan fingerprint density at radius 3 is 2.80 bits per heavy atom. The molecule has 4 heteroatoms. The van der Waals surface area contributed by atoms with Gasteiger partial charge in [0, 0.05) is 29.9 Å². The van der Waals surface area contributed by atoms with E-state index in [1.165, 1.54) is 50.7 Å². The van der Waals surface area contributed by atoms with Gasteiger partial charge in [0.2, 0.25) is 0 Å². The Balaban J connectivity index is 1.86. The molecule has 1 aliphatic heterocycles. The predicted octanol–water partition coefficient (Wildman–Crippen LogP) is 5.20. The SMILES string of the molecule is CCCCCCC1(CCn2ccnc2)SCC(CC)S1. The van der Waals surface area contributed by atoms with Crippen molar-refractivity contribution in [2.45, 2.75) is 74.7 Å². The molecule has 2 heterocycles. The van der Waals surface area contributed by atoms with Crippen LogP contribution in [0.15, 0.2) is 18.7 Å². The Morgan fingerprint density at radius 2 is 2.15 bits per heavy atom. The largest absolute Gasteiger partial charge is 0.337 e. The third kappa shape index (κ3) is 4.73. The minimum absolute atomic E-state index is 0.471. The second kappa shape index (κ2) is 8.38. The molecule has 0 spiro atoms. The quantitative estimate of drug-likeness (QED) is 0.584. The molecule has 0 amide bonds. The first-order valence-corrected chi connectivity index (χ1v) is 9.92. The highest BCUT2D eigenvalue weighted by atomic mass is 32.2. The second-order valence-electron chi connectivity index (χ2n) is 5.73. The van der Waals surface area contributed by atoms with Gasteiger partial charge >= 0.3 is 0 Å². The van der Waals surface area contributed by atoms with Crippen molar-refractivity contribution in [3.63, 3.8) is 0 Å². The second-order valence-corrected chi connectivity index (χ2v) is 9.08. The Kier molecular flexibility index (Phi) is 6.82. The van der Waals surface area contributed by atoms with E-state index in [4.69, 9.17) is 0 Å². The Morgan fingerprint density at radius 1 is 1.25 bits per heavy atom. The zero-order valence-corrected chi connectivity index (χ0v) is 14.5. The number of unbranched alkanes of at least 4 members (excludes halogenated alkanes) is 3. The van der Waals surface area contributed by atoms with Crippen molar-refractivity contribution in [3.8, 4) is 0 Å². The first-order valence-electron chi connectivity index (χ1n) is 8.05. The summed E-state index contributed by atoms with van der Waals surface area (Å²) in [5.41, 5.74) is 0. The fraction of sp³-hybridized carbons (Fsp3) is 0.812. The molecular formula is C16H28N2S2. The fourth-order valence-electron chi connectivity index (χ4n) is 2.74. The van der Waals surface area contributed by atoms with E-state index in [1.54, 1.807) is 0 Å². The first-order chi connectivity index (χ1) is 9.78. The maximum atomic E-state index is 4.16. The molecular weight excluding hydrogens is 284 g/mol. The third-order valence-electron chi connectivity index (χ3n) is 4.09. The summed E-state index contributed by atoms with van der Waals surface area (Å²) in [7, 11) is 0. The summed E-state index contributed by atoms with van der Waals surface area (Å²) >= 11 is 4.50. The van der Waals surface area contributed by atoms with Gasteiger partial charge in [-0.15, -0.1) is 23.5 Å². The maximum absolute atomic E-state index is 4.16. The van der Waals surface area contributed by atoms with Crippen molar-refractivity contribution < 1.29 is 0 Å². The molecule has 2 atom stereocenters. The molecule has 0 aliphatic carbocycles. The lowest BCUT2D eigenvalue weighted by molar-refractivity contribution is 0.538. The van der Waals surface area contributed by atoms with Gasteiger partial charge in [-0.25, -0.2) is 4.98 Å². The molecule has 1 fully saturated rings. The number of nitrogens with zero attached hydrogens (tertiary/aromatic N) is 2. The Labute approximate surface area is 132 Å². The van der Waals surface area contributed by atoms with Crippen molar-refractivity contribution >= 4 is 23.5 Å². The van der Waals surface area contributed by atoms with Crippen LogP contribution in [0.2, 0.25) is 0 Å². The van der Waals surface area contributed by atoms with Gasteiger partial charge in [-0.1, -0.05) is 39.5 Å². The summed E-state index contributed by atoms with van der Waals surface area (Å²) in [6.07, 6.45) is 15.4. The lowest BCUT2D eigenvalue weighted by atomic mass is 10.1. The van der Waals surface area contributed by atoms with E-state index >= 15 is 0 Å². The smallest absolute Gasteiger partial charge is 0.0945 e. The highest BCUT2D eigenvalue weighted by molar-refractivity contribution is 8.21. The molecule has 1 aromatic heterocycles. The zero-order chi connectivity index (χ0) is 14.3. The number of aromatic nitrogens is 2. The highest BCUT2D eigenvalue weighted by Crippen LogP contribution is 2.54. The van der Waals surface area contributed by atoms with Gasteiger partial charge in [0.15, 0.2) is 0 Å². The average Bonchev–Trinajstić information content (AvgIpc) is 3.12. The van der Waals surface area contributed by atoms with Crippen LogP contribution in [-0.2, 0) is 6.54 Å². The number of imidazole rings is 1. The fourth-order valence-corrected chi connectivity index (χ4v) is 6.60. The van der Waals surface area contributed by atoms with Gasteiger partial charge in [-0.2, -0.15) is 0 Å². The van der Waals surface area contributed by atoms with Crippen LogP contribution in [0.25, 0.3) is 0 Å². The van der Waals surface area contributed by atoms with Gasteiger partial charge in [0.1, 0.15) is 0 Å². The predicted molar refractivity (Wildman–Crippen MR) is 92.5 cm³/mol. The molecule has 2 nitrogen and oxygen atoms in total. The maximum Gasteiger partial charge on any atom is 0.0945 e. The van der Waals surface area contributed by atoms with Crippen LogP contribution >= 0.6 is 23.5 Å². The number of thioether (sulfide) groups is 2. The van der Waals surface area contributed by atoms with E-state index in [-0.39, 0.29) is 0 Å². The zero-order valence-electron chi connectivity index (χ0n) is 12.9. The lowest BCUT2D eigenvalue weighted by Crippen LogP contribution is -2.20. The minimum Gasteiger partial charge on any atom is -0.337 e. The number of hydrogen-bond acceptors (Lipinski definition) is 3. The van der Waals surface area contributed by atoms with Crippen LogP contribution in [0.1, 0.15) is 58.8 Å². The molecule has 0 aromatic carbocycles. The molecule has 20 heavy (non-hydrogen) atoms. The van der Waals surface area contributed by atoms with Crippen LogP contribution < -0.4 is 0 Å². The number of rotatable bonds is 9. The van der Waals surface area contributed by atoms with E-state index in [2.05, 4.69) is 53.1 Å². The van der Waals surface area contributed by atoms with Crippen molar-refractivity contribution in [2.24, 2.45) is 0 Å². The molecule has 2 unspecified atom stereocenters. The van der Waals surface area contributed by atoms with Crippen LogP contribution in [0, 0.1) is 0 Å². The van der Waals surface area contributed by atoms with E-state index in [0.717, 1.165) is 11.8 Å². The molecule has 1 aliphatic rings. The third-order valence-corrected chi connectivity index (χ3v) is 8.12. The topological polar surface area (TPSA) is 17.8 Å². The molecule has 0 bridgehead atoms. The highest BCUT2D eigenvalue weighted by Gasteiger charge is 2.39. The van der Waals surface area contributed by atoms with Gasteiger partial charge < -0.3 is 4.57 Å². The van der Waals surface area contributed by atoms with Crippen molar-refractivity contribution in [2.75, 3.05) is 5.75 Å². The molecule has 114 valence electrons. The van der Waals surface area contributed by atoms with Crippen LogP contribution in [0.5, 0.6) is 0 Å². The van der Waals surface area contributed by atoms with Crippen LogP contribution in [0.3, 0.4) is 0 Å². The summed E-state index contributed by atoms with van der Waals surface area (Å²) < 4.78 is 2.70. The normalized spacial score (nSPS) is 26.2. The van der Waals surface area contributed by atoms with E-state index in [9.17, 15) is 0 Å². The van der Waals surface area contributed by atoms with Gasteiger partial charge in [0.25, 0.3) is 0 Å². The molecule has 2 rings (SSSR count). The summed E-state index contributed by atoms with van der Waals surface area (Å²) in [4.78, 5) is 4.16. The minimum atomic E-state index is 0.471. The molecule has 0 radical (unpaired) electrons. The Hall–Kier alpha value is -0.0900. The van der Waals surface area contributed by atoms with Gasteiger partial charge in [-0.05, 0) is 19.3 Å². The molecule has 1 saturated heterocycles. The lowest BCUT2D eigenvalue weighted by Gasteiger charge is -2.28. The molecule has 0 N–H and O–H groups in total. The van der Waals surface area contributed by atoms with Gasteiger partial charge in [-0.3, -0.25) is 0 Å². The van der Waals surface area contributed by atoms with Crippen molar-refractivity contribution in [3.05, 3.63) is 18.7 Å². The number of hydrogen-bond donors (Lipinski definition) is 0. The summed E-state index contributed by atoms with van der Waals surface area (Å²) in [6, 6.07) is 0. The molecule has 1 aromatic rings. The van der Waals surface area contributed by atoms with Crippen molar-refractivity contribution in [1.29, 1.82) is 0 Å². The van der Waals surface area contributed by atoms with Crippen LogP contribution in [-0.4, -0.2) is 24.6 Å². The van der Waals surface area contributed by atoms with E-state index in [0.29, 0.717) is 4.08 Å². The van der Waals surface area contributed by atoms with E-state index in [1.807, 2.05) is 12.5 Å². The van der Waals surface area contributed by atoms with Crippen molar-refractivity contribution in [1.82, 2.24) is 9.55 Å². The summed E-state index contributed by atoms with van der Waals surface area (Å²) in [5, 5.41) is 0.869. The average molecular weight is 313 g/mol. The monoisotopic (exact) mass is 312 g/mol. The Bertz CT molecular complexity index is 367. The van der Waals surface area contributed by atoms with Gasteiger partial charge in [0.05, 0.1) is 10.4 Å². The summed E-state index contributed by atoms with van der Waals surface area (Å²) in [5.74, 6) is 1.35.